The quantitative estimate of drug-likeness (QED) is 0.383. The van der Waals surface area contributed by atoms with E-state index in [0.717, 1.165) is 0 Å². The maximum Gasteiger partial charge on any atom is 0.334 e. The van der Waals surface area contributed by atoms with Gasteiger partial charge in [0.25, 0.3) is 0 Å². The highest BCUT2D eigenvalue weighted by Gasteiger charge is 2.47. The van der Waals surface area contributed by atoms with Crippen LogP contribution < -0.4 is 17.1 Å². The van der Waals surface area contributed by atoms with Crippen molar-refractivity contribution in [1.29, 1.82) is 0 Å². The molecule has 9 nitrogen and oxygen atoms in total. The monoisotopic (exact) mass is 261 g/mol. The van der Waals surface area contributed by atoms with Crippen molar-refractivity contribution in [2.45, 2.75) is 25.0 Å². The van der Waals surface area contributed by atoms with Gasteiger partial charge in [0, 0.05) is 0 Å². The van der Waals surface area contributed by atoms with Crippen LogP contribution in [-0.2, 0) is 5.54 Å². The van der Waals surface area contributed by atoms with E-state index in [9.17, 15) is 29.7 Å². The minimum Gasteiger partial charge on any atom is -0.394 e. The molecule has 0 aliphatic rings. The second kappa shape index (κ2) is 4.52. The number of H-pyrrole nitrogens is 2. The van der Waals surface area contributed by atoms with Crippen molar-refractivity contribution in [3.05, 3.63) is 31.5 Å². The summed E-state index contributed by atoms with van der Waals surface area (Å²) in [5.41, 5.74) is -7.02. The Morgan fingerprint density at radius 3 is 1.72 bits per heavy atom. The van der Waals surface area contributed by atoms with Crippen molar-refractivity contribution in [2.24, 2.45) is 0 Å². The van der Waals surface area contributed by atoms with Crippen molar-refractivity contribution in [2.75, 3.05) is 13.2 Å². The third kappa shape index (κ3) is 2.03. The molecule has 0 radical (unpaired) electrons. The first-order chi connectivity index (χ1) is 8.19. The van der Waals surface area contributed by atoms with Crippen LogP contribution in [-0.4, -0.2) is 48.7 Å². The Morgan fingerprint density at radius 2 is 1.44 bits per heavy atom. The lowest BCUT2D eigenvalue weighted by Crippen LogP contribution is -2.65. The van der Waals surface area contributed by atoms with Crippen LogP contribution in [0.5, 0.6) is 0 Å². The second-order valence-corrected chi connectivity index (χ2v) is 4.43. The Bertz CT molecular complexity index is 552. The fraction of sp³-hybridized carbons (Fsp3) is 0.667. The molecule has 0 amide bonds. The van der Waals surface area contributed by atoms with Gasteiger partial charge in [-0.15, -0.1) is 0 Å². The predicted molar refractivity (Wildman–Crippen MR) is 60.4 cm³/mol. The smallest absolute Gasteiger partial charge is 0.334 e. The minimum absolute atomic E-state index is 0.397. The second-order valence-electron chi connectivity index (χ2n) is 4.43. The number of nitrogens with one attached hydrogen (secondary N) is 2. The first-order valence-electron chi connectivity index (χ1n) is 5.10. The number of aromatic nitrogens is 3. The molecule has 1 aromatic rings. The largest absolute Gasteiger partial charge is 0.394 e. The number of aliphatic hydroxyl groups is 3. The van der Waals surface area contributed by atoms with E-state index in [-0.39, 0.29) is 0 Å². The molecule has 0 bridgehead atoms. The fourth-order valence-corrected chi connectivity index (χ4v) is 1.67. The summed E-state index contributed by atoms with van der Waals surface area (Å²) >= 11 is 0. The summed E-state index contributed by atoms with van der Waals surface area (Å²) < 4.78 is 0.397. The summed E-state index contributed by atoms with van der Waals surface area (Å²) in [6.45, 7) is 0.691. The fourth-order valence-electron chi connectivity index (χ4n) is 1.67. The van der Waals surface area contributed by atoms with Gasteiger partial charge in [0.05, 0.1) is 18.8 Å². The van der Waals surface area contributed by atoms with Crippen LogP contribution in [0.15, 0.2) is 14.4 Å². The molecule has 1 rings (SSSR count). The molecule has 0 fully saturated rings. The topological polar surface area (TPSA) is 148 Å². The van der Waals surface area contributed by atoms with Gasteiger partial charge >= 0.3 is 17.1 Å². The first-order valence-corrected chi connectivity index (χ1v) is 5.10. The van der Waals surface area contributed by atoms with E-state index in [1.165, 1.54) is 13.8 Å². The molecular weight excluding hydrogens is 246 g/mol. The van der Waals surface area contributed by atoms with Crippen LogP contribution in [0.2, 0.25) is 0 Å². The molecule has 0 saturated carbocycles. The lowest BCUT2D eigenvalue weighted by Gasteiger charge is -2.40. The Balaban J connectivity index is 3.76. The number of hydrogen-bond donors (Lipinski definition) is 5. The standard InChI is InChI=1S/C9H15N3O6/c1-8(2,18)9(3-13,4-14)12-6(16)10-5(15)11-7(12)17/h13-14,18H,3-4H2,1-2H3,(H2,10,11,15,16,17). The summed E-state index contributed by atoms with van der Waals surface area (Å²) in [6.07, 6.45) is 0. The Kier molecular flexibility index (Phi) is 3.60. The summed E-state index contributed by atoms with van der Waals surface area (Å²) in [4.78, 5) is 37.7. The normalized spacial score (nSPS) is 12.7. The van der Waals surface area contributed by atoms with E-state index in [0.29, 0.717) is 4.57 Å². The highest BCUT2D eigenvalue weighted by Crippen LogP contribution is 2.26. The molecule has 1 heterocycles. The number of aliphatic hydroxyl groups excluding tert-OH is 2. The number of aromatic amines is 2. The molecule has 0 aliphatic carbocycles. The average Bonchev–Trinajstić information content (AvgIpc) is 2.21. The third-order valence-electron chi connectivity index (χ3n) is 2.94. The van der Waals surface area contributed by atoms with Crippen LogP contribution >= 0.6 is 0 Å². The summed E-state index contributed by atoms with van der Waals surface area (Å²) in [6, 6.07) is 0. The lowest BCUT2D eigenvalue weighted by molar-refractivity contribution is -0.103. The van der Waals surface area contributed by atoms with Gasteiger partial charge in [-0.1, -0.05) is 0 Å². The molecule has 0 unspecified atom stereocenters. The summed E-state index contributed by atoms with van der Waals surface area (Å²) in [5.74, 6) is 0. The van der Waals surface area contributed by atoms with Gasteiger partial charge in [0.1, 0.15) is 5.54 Å². The molecule has 1 aromatic heterocycles. The molecule has 18 heavy (non-hydrogen) atoms. The van der Waals surface area contributed by atoms with E-state index in [4.69, 9.17) is 0 Å². The molecule has 0 aromatic carbocycles. The van der Waals surface area contributed by atoms with E-state index in [2.05, 4.69) is 0 Å². The Labute approximate surface area is 100 Å². The summed E-state index contributed by atoms with van der Waals surface area (Å²) in [7, 11) is 0. The zero-order valence-corrected chi connectivity index (χ0v) is 9.93. The zero-order valence-electron chi connectivity index (χ0n) is 9.93. The number of rotatable bonds is 4. The van der Waals surface area contributed by atoms with Gasteiger partial charge in [-0.2, -0.15) is 0 Å². The molecule has 102 valence electrons. The molecule has 0 aliphatic heterocycles. The molecular formula is C9H15N3O6. The highest BCUT2D eigenvalue weighted by molar-refractivity contribution is 5.00. The van der Waals surface area contributed by atoms with Crippen LogP contribution in [0, 0.1) is 0 Å². The van der Waals surface area contributed by atoms with Crippen molar-refractivity contribution >= 4 is 0 Å². The van der Waals surface area contributed by atoms with E-state index >= 15 is 0 Å². The maximum absolute atomic E-state index is 11.6. The molecule has 0 spiro atoms. The van der Waals surface area contributed by atoms with Gasteiger partial charge in [-0.05, 0) is 13.8 Å². The summed E-state index contributed by atoms with van der Waals surface area (Å²) in [5, 5.41) is 28.7. The van der Waals surface area contributed by atoms with E-state index in [1.807, 2.05) is 0 Å². The van der Waals surface area contributed by atoms with Gasteiger partial charge < -0.3 is 15.3 Å². The van der Waals surface area contributed by atoms with Crippen molar-refractivity contribution in [3.8, 4) is 0 Å². The number of nitrogens with zero attached hydrogens (tertiary/aromatic N) is 1. The van der Waals surface area contributed by atoms with Crippen LogP contribution in [0.25, 0.3) is 0 Å². The van der Waals surface area contributed by atoms with Crippen molar-refractivity contribution in [3.63, 3.8) is 0 Å². The Hall–Kier alpha value is -1.71. The van der Waals surface area contributed by atoms with Gasteiger partial charge in [-0.25, -0.2) is 19.0 Å². The minimum atomic E-state index is -1.96. The SMILES string of the molecule is CC(C)(O)C(CO)(CO)n1c(=O)[nH]c(=O)[nH]c1=O. The first kappa shape index (κ1) is 14.4. The molecule has 0 atom stereocenters. The van der Waals surface area contributed by atoms with Gasteiger partial charge in [-0.3, -0.25) is 9.97 Å². The van der Waals surface area contributed by atoms with E-state index in [1.54, 1.807) is 9.97 Å². The predicted octanol–water partition coefficient (Wildman–Crippen LogP) is -3.32. The van der Waals surface area contributed by atoms with Gasteiger partial charge in [0.2, 0.25) is 0 Å². The molecule has 0 saturated heterocycles. The van der Waals surface area contributed by atoms with Gasteiger partial charge in [0.15, 0.2) is 0 Å². The van der Waals surface area contributed by atoms with E-state index < -0.39 is 41.4 Å². The van der Waals surface area contributed by atoms with Crippen LogP contribution in [0.3, 0.4) is 0 Å². The lowest BCUT2D eigenvalue weighted by atomic mass is 9.83. The van der Waals surface area contributed by atoms with Crippen molar-refractivity contribution < 1.29 is 15.3 Å². The third-order valence-corrected chi connectivity index (χ3v) is 2.94. The van der Waals surface area contributed by atoms with Crippen LogP contribution in [0.1, 0.15) is 13.8 Å². The molecule has 5 N–H and O–H groups in total. The Morgan fingerprint density at radius 1 is 1.06 bits per heavy atom. The van der Waals surface area contributed by atoms with Crippen molar-refractivity contribution in [1.82, 2.24) is 14.5 Å². The highest BCUT2D eigenvalue weighted by atomic mass is 16.3. The van der Waals surface area contributed by atoms with Crippen LogP contribution in [0.4, 0.5) is 0 Å². The number of hydrogen-bond acceptors (Lipinski definition) is 6. The molecule has 9 heteroatoms. The maximum atomic E-state index is 11.6. The zero-order chi connectivity index (χ0) is 14.1. The average molecular weight is 261 g/mol.